The molecule has 0 aliphatic heterocycles. The van der Waals surface area contributed by atoms with Crippen LogP contribution in [-0.2, 0) is 20.8 Å². The van der Waals surface area contributed by atoms with Crippen LogP contribution in [-0.4, -0.2) is 58.1 Å². The molecule has 0 fully saturated rings. The summed E-state index contributed by atoms with van der Waals surface area (Å²) in [5.41, 5.74) is 0.284. The highest BCUT2D eigenvalue weighted by Gasteiger charge is 2.28. The van der Waals surface area contributed by atoms with Crippen LogP contribution in [0, 0.1) is 0 Å². The molecule has 238 valence electrons. The molecule has 3 aromatic rings. The van der Waals surface area contributed by atoms with Gasteiger partial charge in [-0.15, -0.1) is 0 Å². The fourth-order valence-electron chi connectivity index (χ4n) is 3.83. The number of aromatic nitrogens is 1. The second-order valence-corrected chi connectivity index (χ2v) is 11.9. The average molecular weight is 612 g/mol. The summed E-state index contributed by atoms with van der Waals surface area (Å²) in [6.07, 6.45) is -3.18. The van der Waals surface area contributed by atoms with Crippen molar-refractivity contribution >= 4 is 35.3 Å². The van der Waals surface area contributed by atoms with Gasteiger partial charge in [0.05, 0.1) is 6.04 Å². The number of alkyl carbamates (subject to hydrolysis) is 3. The molecule has 0 bridgehead atoms. The van der Waals surface area contributed by atoms with Crippen molar-refractivity contribution in [3.8, 4) is 0 Å². The summed E-state index contributed by atoms with van der Waals surface area (Å²) in [7, 11) is 0. The lowest BCUT2D eigenvalue weighted by molar-refractivity contribution is 0.0544. The number of para-hydroxylation sites is 2. The lowest BCUT2D eigenvalue weighted by atomic mass is 10.1. The molecule has 4 N–H and O–H groups in total. The number of nitrogens with one attached hydrogen (secondary N) is 3. The van der Waals surface area contributed by atoms with Crippen molar-refractivity contribution < 1.29 is 38.1 Å². The largest absolute Gasteiger partial charge is 0.445 e. The van der Waals surface area contributed by atoms with Crippen molar-refractivity contribution in [1.82, 2.24) is 20.9 Å². The third-order valence-corrected chi connectivity index (χ3v) is 5.64. The Kier molecular flexibility index (Phi) is 11.7. The van der Waals surface area contributed by atoms with Crippen LogP contribution in [0.3, 0.4) is 0 Å². The fourth-order valence-corrected chi connectivity index (χ4v) is 3.83. The first-order chi connectivity index (χ1) is 20.7. The second-order valence-electron chi connectivity index (χ2n) is 11.9. The predicted molar refractivity (Wildman–Crippen MR) is 163 cm³/mol. The van der Waals surface area contributed by atoms with Gasteiger partial charge in [-0.3, -0.25) is 15.6 Å². The van der Waals surface area contributed by atoms with Crippen LogP contribution in [0.4, 0.5) is 14.4 Å². The maximum Gasteiger partial charge on any atom is 0.414 e. The molecule has 0 saturated heterocycles. The Labute approximate surface area is 256 Å². The molecule has 0 aliphatic rings. The smallest absolute Gasteiger partial charge is 0.414 e. The van der Waals surface area contributed by atoms with E-state index in [2.05, 4.69) is 25.9 Å². The maximum atomic E-state index is 12.7. The Morgan fingerprint density at radius 1 is 0.886 bits per heavy atom. The van der Waals surface area contributed by atoms with Gasteiger partial charge in [0.2, 0.25) is 11.9 Å². The Morgan fingerprint density at radius 2 is 1.48 bits per heavy atom. The molecule has 0 aliphatic carbocycles. The number of hydrogen-bond acceptors (Lipinski definition) is 10. The lowest BCUT2D eigenvalue weighted by Crippen LogP contribution is -2.47. The van der Waals surface area contributed by atoms with E-state index in [-0.39, 0.29) is 31.4 Å². The van der Waals surface area contributed by atoms with E-state index in [1.165, 1.54) is 0 Å². The van der Waals surface area contributed by atoms with Gasteiger partial charge in [-0.1, -0.05) is 42.5 Å². The first-order valence-electron chi connectivity index (χ1n) is 14.2. The molecular weight excluding hydrogens is 570 g/mol. The molecule has 3 amide bonds. The molecule has 0 spiro atoms. The average Bonchev–Trinajstić information content (AvgIpc) is 3.36. The van der Waals surface area contributed by atoms with Gasteiger partial charge in [0.25, 0.3) is 0 Å². The Hall–Kier alpha value is -4.65. The molecule has 1 heterocycles. The van der Waals surface area contributed by atoms with Gasteiger partial charge in [0.15, 0.2) is 11.7 Å². The predicted octanol–water partition coefficient (Wildman–Crippen LogP) is 5.34. The molecule has 3 rings (SSSR count). The van der Waals surface area contributed by atoms with Gasteiger partial charge in [0, 0.05) is 6.54 Å². The number of carbonyl (C=O) groups is 3. The van der Waals surface area contributed by atoms with Gasteiger partial charge in [-0.25, -0.2) is 19.4 Å². The van der Waals surface area contributed by atoms with Crippen molar-refractivity contribution in [3.05, 3.63) is 66.1 Å². The minimum atomic E-state index is -1.31. The van der Waals surface area contributed by atoms with Crippen molar-refractivity contribution in [2.75, 3.05) is 6.54 Å². The number of aliphatic hydroxyl groups excluding tert-OH is 1. The van der Waals surface area contributed by atoms with E-state index >= 15 is 0 Å². The third-order valence-electron chi connectivity index (χ3n) is 5.64. The number of rotatable bonds is 9. The number of hydrogen-bond donors (Lipinski definition) is 4. The van der Waals surface area contributed by atoms with Crippen molar-refractivity contribution in [2.45, 2.75) is 84.3 Å². The van der Waals surface area contributed by atoms with Crippen LogP contribution in [0.15, 0.2) is 64.0 Å². The number of benzene rings is 2. The van der Waals surface area contributed by atoms with Crippen LogP contribution in [0.5, 0.6) is 0 Å². The quantitative estimate of drug-likeness (QED) is 0.108. The van der Waals surface area contributed by atoms with Crippen molar-refractivity contribution in [2.24, 2.45) is 4.99 Å². The monoisotopic (exact) mass is 611 g/mol. The zero-order chi connectivity index (χ0) is 32.3. The standard InChI is InChI=1S/C31H41N5O8/c1-30(2,3)43-28(39)35-26(36-29(40)44-31(4,5)6)32-18-12-16-22(34-27(38)41-19-20-13-8-7-9-14-20)24(37)25-33-21-15-10-11-17-23(21)42-25/h7-11,13-15,17,22,24,37H,12,16,18-19H2,1-6H3,(H,34,38)(H2,32,35,36,39,40)/t22-,24?/m0/s1. The lowest BCUT2D eigenvalue weighted by Gasteiger charge is -2.22. The second kappa shape index (κ2) is 15.2. The topological polar surface area (TPSA) is 174 Å². The number of guanidine groups is 1. The summed E-state index contributed by atoms with van der Waals surface area (Å²) in [5.74, 6) is -0.151. The summed E-state index contributed by atoms with van der Waals surface area (Å²) in [4.78, 5) is 46.1. The summed E-state index contributed by atoms with van der Waals surface area (Å²) < 4.78 is 21.6. The third kappa shape index (κ3) is 11.9. The summed E-state index contributed by atoms with van der Waals surface area (Å²) in [6, 6.07) is 15.3. The van der Waals surface area contributed by atoms with E-state index in [0.717, 1.165) is 5.56 Å². The Morgan fingerprint density at radius 3 is 2.07 bits per heavy atom. The molecule has 2 atom stereocenters. The van der Waals surface area contributed by atoms with Crippen molar-refractivity contribution in [3.63, 3.8) is 0 Å². The van der Waals surface area contributed by atoms with E-state index in [1.54, 1.807) is 65.8 Å². The first kappa shape index (κ1) is 33.8. The maximum absolute atomic E-state index is 12.7. The van der Waals surface area contributed by atoms with Crippen molar-refractivity contribution in [1.29, 1.82) is 0 Å². The minimum Gasteiger partial charge on any atom is -0.445 e. The van der Waals surface area contributed by atoms with Crippen LogP contribution < -0.4 is 16.0 Å². The molecule has 1 unspecified atom stereocenters. The van der Waals surface area contributed by atoms with Crippen LogP contribution >= 0.6 is 0 Å². The van der Waals surface area contributed by atoms with Crippen LogP contribution in [0.1, 0.15) is 71.9 Å². The number of nitrogens with zero attached hydrogens (tertiary/aromatic N) is 2. The van der Waals surface area contributed by atoms with E-state index in [1.807, 2.05) is 30.3 Å². The van der Waals surface area contributed by atoms with Gasteiger partial charge >= 0.3 is 18.3 Å². The number of oxazole rings is 1. The molecule has 1 aromatic heterocycles. The van der Waals surface area contributed by atoms with Gasteiger partial charge in [-0.05, 0) is 72.1 Å². The number of amides is 3. The van der Waals surface area contributed by atoms with Gasteiger partial charge in [0.1, 0.15) is 23.3 Å². The summed E-state index contributed by atoms with van der Waals surface area (Å²) in [5, 5.41) is 18.7. The molecule has 2 aromatic carbocycles. The van der Waals surface area contributed by atoms with E-state index in [0.29, 0.717) is 17.5 Å². The molecule has 0 saturated carbocycles. The number of ether oxygens (including phenoxy) is 3. The highest BCUT2D eigenvalue weighted by molar-refractivity contribution is 6.01. The van der Waals surface area contributed by atoms with E-state index < -0.39 is 41.6 Å². The molecule has 13 heteroatoms. The Bertz CT molecular complexity index is 1360. The minimum absolute atomic E-state index is 0.0296. The molecule has 13 nitrogen and oxygen atoms in total. The number of aliphatic hydroxyl groups is 1. The first-order valence-corrected chi connectivity index (χ1v) is 14.2. The number of fused-ring (bicyclic) bond motifs is 1. The summed E-state index contributed by atoms with van der Waals surface area (Å²) >= 11 is 0. The highest BCUT2D eigenvalue weighted by Crippen LogP contribution is 2.24. The normalized spacial score (nSPS) is 12.9. The van der Waals surface area contributed by atoms with E-state index in [9.17, 15) is 19.5 Å². The fraction of sp³-hybridized carbons (Fsp3) is 0.452. The highest BCUT2D eigenvalue weighted by atomic mass is 16.6. The van der Waals surface area contributed by atoms with Gasteiger partial charge < -0.3 is 29.1 Å². The number of aliphatic imine (C=N–C) groups is 1. The van der Waals surface area contributed by atoms with Crippen LogP contribution in [0.25, 0.3) is 11.1 Å². The van der Waals surface area contributed by atoms with Gasteiger partial charge in [-0.2, -0.15) is 0 Å². The molecule has 0 radical (unpaired) electrons. The van der Waals surface area contributed by atoms with E-state index in [4.69, 9.17) is 18.6 Å². The Balaban J connectivity index is 1.71. The zero-order valence-electron chi connectivity index (χ0n) is 25.9. The molecule has 44 heavy (non-hydrogen) atoms. The molecular formula is C31H41N5O8. The zero-order valence-corrected chi connectivity index (χ0v) is 25.9. The van der Waals surface area contributed by atoms with Crippen LogP contribution in [0.2, 0.25) is 0 Å². The SMILES string of the molecule is CC(C)(C)OC(=O)NC(=NCCC[C@H](NC(=O)OCc1ccccc1)C(O)c1nc2ccccc2o1)NC(=O)OC(C)(C)C. The number of carbonyl (C=O) groups excluding carboxylic acids is 3. The summed E-state index contributed by atoms with van der Waals surface area (Å²) in [6.45, 7) is 10.3.